The van der Waals surface area contributed by atoms with Crippen molar-refractivity contribution >= 4 is 35.2 Å². The summed E-state index contributed by atoms with van der Waals surface area (Å²) in [5, 5.41) is 2.27. The molecule has 0 aromatic heterocycles. The summed E-state index contributed by atoms with van der Waals surface area (Å²) in [6, 6.07) is 16.9. The van der Waals surface area contributed by atoms with E-state index in [0.29, 0.717) is 11.8 Å². The van der Waals surface area contributed by atoms with Gasteiger partial charge in [-0.2, -0.15) is 0 Å². The second-order valence-electron chi connectivity index (χ2n) is 8.21. The summed E-state index contributed by atoms with van der Waals surface area (Å²) in [6.07, 6.45) is -0.421. The minimum absolute atomic E-state index is 0.0791. The number of fused-ring (bicyclic) bond motifs is 1. The van der Waals surface area contributed by atoms with Crippen molar-refractivity contribution in [3.05, 3.63) is 95.6 Å². The normalized spacial score (nSPS) is 18.1. The molecule has 3 atom stereocenters. The fraction of sp³-hybridized carbons (Fsp3) is 0.192. The van der Waals surface area contributed by atoms with E-state index in [2.05, 4.69) is 5.32 Å². The molecule has 0 saturated heterocycles. The summed E-state index contributed by atoms with van der Waals surface area (Å²) in [5.41, 5.74) is 7.01. The van der Waals surface area contributed by atoms with Gasteiger partial charge >= 0.3 is 0 Å². The van der Waals surface area contributed by atoms with E-state index >= 15 is 0 Å². The number of nitrogens with one attached hydrogen (secondary N) is 1. The van der Waals surface area contributed by atoms with Gasteiger partial charge in [0, 0.05) is 11.0 Å². The molecule has 3 N–H and O–H groups in total. The van der Waals surface area contributed by atoms with Crippen molar-refractivity contribution in [2.45, 2.75) is 35.6 Å². The standard InChI is InChI=1S/C26H23F2N3O3S/c1-15(25(29)33)31(22(32)13-16-11-18(27)14-19(28)12-16)23-24(17-7-3-2-4-8-17)35-21-10-6-5-9-20(21)30-26(23)34/h2-12,14-15,23-24H,13H2,1H3,(H2,29,33)(H,30,34)/t15-,23-,24+/m0/s1. The van der Waals surface area contributed by atoms with Gasteiger partial charge in [-0.15, -0.1) is 11.8 Å². The molecule has 0 aliphatic carbocycles. The molecule has 35 heavy (non-hydrogen) atoms. The van der Waals surface area contributed by atoms with Crippen molar-refractivity contribution in [2.24, 2.45) is 5.73 Å². The summed E-state index contributed by atoms with van der Waals surface area (Å²) in [7, 11) is 0. The third-order valence-corrected chi connectivity index (χ3v) is 7.17. The van der Waals surface area contributed by atoms with Crippen LogP contribution in [0.25, 0.3) is 0 Å². The minimum atomic E-state index is -1.16. The highest BCUT2D eigenvalue weighted by Crippen LogP contribution is 2.45. The number of anilines is 1. The SMILES string of the molecule is C[C@@H](C(N)=O)N(C(=O)Cc1cc(F)cc(F)c1)[C@@H]1C(=O)Nc2ccccc2S[C@@H]1c1ccccc1. The molecule has 1 aliphatic heterocycles. The molecular formula is C26H23F2N3O3S. The second-order valence-corrected chi connectivity index (χ2v) is 9.40. The van der Waals surface area contributed by atoms with Crippen LogP contribution in [0.3, 0.4) is 0 Å². The molecule has 180 valence electrons. The quantitative estimate of drug-likeness (QED) is 0.539. The number of amides is 3. The number of hydrogen-bond acceptors (Lipinski definition) is 4. The molecule has 1 heterocycles. The Labute approximate surface area is 205 Å². The molecule has 0 radical (unpaired) electrons. The molecule has 0 bridgehead atoms. The average Bonchev–Trinajstić information content (AvgIpc) is 2.95. The maximum Gasteiger partial charge on any atom is 0.248 e. The van der Waals surface area contributed by atoms with Crippen LogP contribution in [0.5, 0.6) is 0 Å². The zero-order valence-corrected chi connectivity index (χ0v) is 19.6. The second kappa shape index (κ2) is 10.3. The van der Waals surface area contributed by atoms with Gasteiger partial charge < -0.3 is 16.0 Å². The van der Waals surface area contributed by atoms with Crippen molar-refractivity contribution in [2.75, 3.05) is 5.32 Å². The first-order chi connectivity index (χ1) is 16.7. The highest BCUT2D eigenvalue weighted by molar-refractivity contribution is 7.99. The van der Waals surface area contributed by atoms with Gasteiger partial charge in [0.15, 0.2) is 0 Å². The number of carbonyl (C=O) groups excluding carboxylic acids is 3. The Balaban J connectivity index is 1.80. The number of para-hydroxylation sites is 1. The van der Waals surface area contributed by atoms with Crippen LogP contribution >= 0.6 is 11.8 Å². The van der Waals surface area contributed by atoms with E-state index in [-0.39, 0.29) is 5.56 Å². The van der Waals surface area contributed by atoms with Crippen molar-refractivity contribution < 1.29 is 23.2 Å². The lowest BCUT2D eigenvalue weighted by molar-refractivity contribution is -0.144. The molecular weight excluding hydrogens is 472 g/mol. The maximum absolute atomic E-state index is 13.8. The fourth-order valence-corrected chi connectivity index (χ4v) is 5.46. The zero-order chi connectivity index (χ0) is 25.1. The number of primary amides is 1. The molecule has 4 rings (SSSR count). The predicted octanol–water partition coefficient (Wildman–Crippen LogP) is 4.06. The van der Waals surface area contributed by atoms with E-state index in [9.17, 15) is 23.2 Å². The van der Waals surface area contributed by atoms with Crippen molar-refractivity contribution in [3.63, 3.8) is 0 Å². The van der Waals surface area contributed by atoms with Crippen LogP contribution < -0.4 is 11.1 Å². The molecule has 1 aliphatic rings. The van der Waals surface area contributed by atoms with E-state index in [1.807, 2.05) is 42.5 Å². The monoisotopic (exact) mass is 495 g/mol. The van der Waals surface area contributed by atoms with Crippen molar-refractivity contribution in [3.8, 4) is 0 Å². The van der Waals surface area contributed by atoms with E-state index < -0.39 is 53.1 Å². The van der Waals surface area contributed by atoms with Crippen LogP contribution in [0.4, 0.5) is 14.5 Å². The lowest BCUT2D eigenvalue weighted by Gasteiger charge is -2.37. The van der Waals surface area contributed by atoms with E-state index in [0.717, 1.165) is 27.5 Å². The molecule has 0 fully saturated rings. The summed E-state index contributed by atoms with van der Waals surface area (Å²) in [4.78, 5) is 41.4. The third kappa shape index (κ3) is 5.35. The predicted molar refractivity (Wildman–Crippen MR) is 129 cm³/mol. The van der Waals surface area contributed by atoms with Crippen molar-refractivity contribution in [1.29, 1.82) is 0 Å². The highest BCUT2D eigenvalue weighted by Gasteiger charge is 2.43. The number of nitrogens with zero attached hydrogens (tertiary/aromatic N) is 1. The Hall–Kier alpha value is -3.72. The Morgan fingerprint density at radius 3 is 2.31 bits per heavy atom. The Bertz CT molecular complexity index is 1250. The van der Waals surface area contributed by atoms with Gasteiger partial charge in [0.1, 0.15) is 23.7 Å². The number of thioether (sulfide) groups is 1. The van der Waals surface area contributed by atoms with E-state index in [1.165, 1.54) is 18.7 Å². The summed E-state index contributed by atoms with van der Waals surface area (Å²) < 4.78 is 27.5. The first-order valence-electron chi connectivity index (χ1n) is 10.9. The van der Waals surface area contributed by atoms with Gasteiger partial charge in [-0.3, -0.25) is 14.4 Å². The van der Waals surface area contributed by atoms with Gasteiger partial charge in [-0.1, -0.05) is 42.5 Å². The third-order valence-electron chi connectivity index (χ3n) is 5.78. The number of benzene rings is 3. The van der Waals surface area contributed by atoms with Crippen LogP contribution in [-0.2, 0) is 20.8 Å². The Kier molecular flexibility index (Phi) is 7.16. The number of halogens is 2. The van der Waals surface area contributed by atoms with Gasteiger partial charge in [-0.05, 0) is 42.3 Å². The fourth-order valence-electron chi connectivity index (χ4n) is 4.11. The molecule has 3 aromatic carbocycles. The van der Waals surface area contributed by atoms with E-state index in [1.54, 1.807) is 12.1 Å². The smallest absolute Gasteiger partial charge is 0.248 e. The molecule has 3 amide bonds. The van der Waals surface area contributed by atoms with Crippen molar-refractivity contribution in [1.82, 2.24) is 4.90 Å². The summed E-state index contributed by atoms with van der Waals surface area (Å²) >= 11 is 1.38. The lowest BCUT2D eigenvalue weighted by atomic mass is 9.99. The molecule has 0 saturated carbocycles. The van der Waals surface area contributed by atoms with Gasteiger partial charge in [0.05, 0.1) is 17.4 Å². The van der Waals surface area contributed by atoms with Crippen LogP contribution in [0.15, 0.2) is 77.7 Å². The maximum atomic E-state index is 13.8. The van der Waals surface area contributed by atoms with Crippen LogP contribution in [0, 0.1) is 11.6 Å². The summed E-state index contributed by atoms with van der Waals surface area (Å²) in [6.45, 7) is 1.43. The van der Waals surface area contributed by atoms with Gasteiger partial charge in [0.2, 0.25) is 17.7 Å². The van der Waals surface area contributed by atoms with Crippen LogP contribution in [0.2, 0.25) is 0 Å². The van der Waals surface area contributed by atoms with Gasteiger partial charge in [0.25, 0.3) is 0 Å². The molecule has 0 unspecified atom stereocenters. The van der Waals surface area contributed by atoms with Crippen LogP contribution in [-0.4, -0.2) is 34.7 Å². The highest BCUT2D eigenvalue weighted by atomic mass is 32.2. The average molecular weight is 496 g/mol. The molecule has 6 nitrogen and oxygen atoms in total. The molecule has 0 spiro atoms. The summed E-state index contributed by atoms with van der Waals surface area (Å²) in [5.74, 6) is -3.63. The first-order valence-corrected chi connectivity index (χ1v) is 11.8. The minimum Gasteiger partial charge on any atom is -0.368 e. The van der Waals surface area contributed by atoms with Crippen LogP contribution in [0.1, 0.15) is 23.3 Å². The largest absolute Gasteiger partial charge is 0.368 e. The van der Waals surface area contributed by atoms with E-state index in [4.69, 9.17) is 5.73 Å². The molecule has 3 aromatic rings. The zero-order valence-electron chi connectivity index (χ0n) is 18.8. The number of nitrogens with two attached hydrogens (primary N) is 1. The number of rotatable bonds is 6. The Morgan fingerprint density at radius 1 is 1.03 bits per heavy atom. The Morgan fingerprint density at radius 2 is 1.66 bits per heavy atom. The number of hydrogen-bond donors (Lipinski definition) is 2. The first kappa shape index (κ1) is 24.4. The topological polar surface area (TPSA) is 92.5 Å². The lowest BCUT2D eigenvalue weighted by Crippen LogP contribution is -2.57. The van der Waals surface area contributed by atoms with Gasteiger partial charge in [-0.25, -0.2) is 8.78 Å². The molecule has 9 heteroatoms. The number of carbonyl (C=O) groups is 3.